The Morgan fingerprint density at radius 1 is 1.39 bits per heavy atom. The molecule has 1 aliphatic heterocycles. The smallest absolute Gasteiger partial charge is 0.360 e. The summed E-state index contributed by atoms with van der Waals surface area (Å²) in [7, 11) is 0. The first-order valence-electron chi connectivity index (χ1n) is 6.09. The van der Waals surface area contributed by atoms with Crippen molar-refractivity contribution in [2.24, 2.45) is 0 Å². The number of piperidine rings is 1. The summed E-state index contributed by atoms with van der Waals surface area (Å²) in [5.74, 6) is -1.34. The molecule has 2 rings (SSSR count). The zero-order valence-electron chi connectivity index (χ0n) is 10.3. The van der Waals surface area contributed by atoms with Crippen molar-refractivity contribution >= 4 is 11.8 Å². The standard InChI is InChI=1S/C12H15FN3O2/c1-2-18-12(17)10-9(13)11(15-8-14-10)16-6-4-3-5-7-16/h2-7H2,1H3. The van der Waals surface area contributed by atoms with E-state index in [0.717, 1.165) is 32.4 Å². The van der Waals surface area contributed by atoms with Crippen LogP contribution in [0, 0.1) is 12.1 Å². The fourth-order valence-corrected chi connectivity index (χ4v) is 1.98. The van der Waals surface area contributed by atoms with E-state index in [0.29, 0.717) is 0 Å². The number of nitrogens with zero attached hydrogens (tertiary/aromatic N) is 3. The van der Waals surface area contributed by atoms with Gasteiger partial charge in [0.2, 0.25) is 6.33 Å². The Morgan fingerprint density at radius 2 is 2.11 bits per heavy atom. The molecule has 0 bridgehead atoms. The minimum absolute atomic E-state index is 0.146. The molecule has 0 aliphatic carbocycles. The van der Waals surface area contributed by atoms with Gasteiger partial charge in [0, 0.05) is 13.1 Å². The number of hydrogen-bond acceptors (Lipinski definition) is 5. The van der Waals surface area contributed by atoms with Gasteiger partial charge in [0.25, 0.3) is 0 Å². The van der Waals surface area contributed by atoms with Crippen molar-refractivity contribution < 1.29 is 13.9 Å². The third-order valence-electron chi connectivity index (χ3n) is 2.85. The molecule has 2 heterocycles. The van der Waals surface area contributed by atoms with Gasteiger partial charge in [-0.25, -0.2) is 19.2 Å². The van der Waals surface area contributed by atoms with Crippen molar-refractivity contribution in [1.82, 2.24) is 9.97 Å². The number of esters is 1. The lowest BCUT2D eigenvalue weighted by atomic mass is 10.1. The van der Waals surface area contributed by atoms with E-state index < -0.39 is 11.8 Å². The van der Waals surface area contributed by atoms with Crippen molar-refractivity contribution in [3.63, 3.8) is 0 Å². The molecule has 1 aliphatic rings. The predicted molar refractivity (Wildman–Crippen MR) is 62.8 cm³/mol. The van der Waals surface area contributed by atoms with Crippen LogP contribution < -0.4 is 4.90 Å². The molecule has 0 aromatic carbocycles. The number of rotatable bonds is 3. The van der Waals surface area contributed by atoms with E-state index in [9.17, 15) is 9.18 Å². The van der Waals surface area contributed by atoms with E-state index in [1.54, 1.807) is 6.92 Å². The van der Waals surface area contributed by atoms with E-state index in [2.05, 4.69) is 16.3 Å². The molecule has 0 N–H and O–H groups in total. The average molecular weight is 252 g/mol. The molecule has 1 fully saturated rings. The maximum Gasteiger partial charge on any atom is 0.360 e. The van der Waals surface area contributed by atoms with E-state index in [4.69, 9.17) is 4.74 Å². The summed E-state index contributed by atoms with van der Waals surface area (Å²) < 4.78 is 18.9. The van der Waals surface area contributed by atoms with Crippen LogP contribution in [0.3, 0.4) is 0 Å². The Bertz CT molecular complexity index is 433. The zero-order valence-corrected chi connectivity index (χ0v) is 10.3. The molecule has 0 spiro atoms. The summed E-state index contributed by atoms with van der Waals surface area (Å²) in [6.07, 6.45) is 5.46. The normalized spacial score (nSPS) is 15.6. The highest BCUT2D eigenvalue weighted by Crippen LogP contribution is 2.22. The summed E-state index contributed by atoms with van der Waals surface area (Å²) in [6.45, 7) is 3.32. The molecule has 5 nitrogen and oxygen atoms in total. The highest BCUT2D eigenvalue weighted by atomic mass is 19.1. The van der Waals surface area contributed by atoms with Crippen LogP contribution in [-0.4, -0.2) is 35.6 Å². The van der Waals surface area contributed by atoms with Gasteiger partial charge in [-0.3, -0.25) is 0 Å². The lowest BCUT2D eigenvalue weighted by Crippen LogP contribution is -2.31. The Morgan fingerprint density at radius 3 is 2.78 bits per heavy atom. The summed E-state index contributed by atoms with van der Waals surface area (Å²) in [6, 6.07) is 0. The van der Waals surface area contributed by atoms with Gasteiger partial charge < -0.3 is 9.64 Å². The van der Waals surface area contributed by atoms with Gasteiger partial charge in [0.05, 0.1) is 6.61 Å². The predicted octanol–water partition coefficient (Wildman–Crippen LogP) is 1.58. The Hall–Kier alpha value is -1.72. The van der Waals surface area contributed by atoms with E-state index in [-0.39, 0.29) is 18.1 Å². The maximum atomic E-state index is 14.1. The molecule has 0 atom stereocenters. The summed E-state index contributed by atoms with van der Waals surface area (Å²) in [5, 5.41) is 0. The van der Waals surface area contributed by atoms with Crippen molar-refractivity contribution in [2.45, 2.75) is 26.2 Å². The highest BCUT2D eigenvalue weighted by molar-refractivity contribution is 5.88. The molecule has 1 radical (unpaired) electrons. The van der Waals surface area contributed by atoms with Crippen LogP contribution in [0.5, 0.6) is 0 Å². The molecule has 0 amide bonds. The molecule has 6 heteroatoms. The number of carbonyl (C=O) groups is 1. The number of hydrogen-bond donors (Lipinski definition) is 0. The van der Waals surface area contributed by atoms with Gasteiger partial charge in [-0.1, -0.05) is 0 Å². The summed E-state index contributed by atoms with van der Waals surface area (Å²) in [5.41, 5.74) is -0.340. The SMILES string of the molecule is CCOC(=O)c1n[c]nc(N2CCCCC2)c1F. The monoisotopic (exact) mass is 252 g/mol. The van der Waals surface area contributed by atoms with E-state index in [1.807, 2.05) is 4.90 Å². The Balaban J connectivity index is 2.26. The van der Waals surface area contributed by atoms with Gasteiger partial charge >= 0.3 is 5.97 Å². The van der Waals surface area contributed by atoms with Crippen molar-refractivity contribution in [2.75, 3.05) is 24.6 Å². The second-order valence-corrected chi connectivity index (χ2v) is 4.08. The number of carbonyl (C=O) groups excluding carboxylic acids is 1. The first-order chi connectivity index (χ1) is 8.74. The third kappa shape index (κ3) is 2.57. The van der Waals surface area contributed by atoms with Crippen LogP contribution in [0.15, 0.2) is 0 Å². The molecule has 0 unspecified atom stereocenters. The average Bonchev–Trinajstić information content (AvgIpc) is 2.40. The van der Waals surface area contributed by atoms with Crippen LogP contribution in [0.1, 0.15) is 36.7 Å². The molecular formula is C12H15FN3O2. The quantitative estimate of drug-likeness (QED) is 0.764. The van der Waals surface area contributed by atoms with Gasteiger partial charge in [0.1, 0.15) is 0 Å². The molecule has 1 aromatic heterocycles. The Labute approximate surface area is 105 Å². The van der Waals surface area contributed by atoms with Crippen LogP contribution in [0.2, 0.25) is 0 Å². The molecular weight excluding hydrogens is 237 g/mol. The molecule has 1 saturated heterocycles. The van der Waals surface area contributed by atoms with Crippen LogP contribution in [0.4, 0.5) is 10.2 Å². The first kappa shape index (κ1) is 12.7. The second kappa shape index (κ2) is 5.75. The topological polar surface area (TPSA) is 55.3 Å². The summed E-state index contributed by atoms with van der Waals surface area (Å²) in [4.78, 5) is 20.7. The van der Waals surface area contributed by atoms with Crippen LogP contribution in [0.25, 0.3) is 0 Å². The number of ether oxygens (including phenoxy) is 1. The molecule has 18 heavy (non-hydrogen) atoms. The zero-order chi connectivity index (χ0) is 13.0. The molecule has 0 saturated carbocycles. The van der Waals surface area contributed by atoms with Crippen molar-refractivity contribution in [3.8, 4) is 0 Å². The van der Waals surface area contributed by atoms with Gasteiger partial charge in [-0.15, -0.1) is 0 Å². The summed E-state index contributed by atoms with van der Waals surface area (Å²) >= 11 is 0. The van der Waals surface area contributed by atoms with Gasteiger partial charge in [-0.05, 0) is 26.2 Å². The first-order valence-corrected chi connectivity index (χ1v) is 6.09. The Kier molecular flexibility index (Phi) is 4.07. The minimum atomic E-state index is -0.771. The molecule has 1 aromatic rings. The lowest BCUT2D eigenvalue weighted by molar-refractivity contribution is 0.0513. The minimum Gasteiger partial charge on any atom is -0.461 e. The third-order valence-corrected chi connectivity index (χ3v) is 2.85. The van der Waals surface area contributed by atoms with E-state index in [1.165, 1.54) is 0 Å². The number of aromatic nitrogens is 2. The lowest BCUT2D eigenvalue weighted by Gasteiger charge is -2.27. The molecule has 97 valence electrons. The fraction of sp³-hybridized carbons (Fsp3) is 0.583. The van der Waals surface area contributed by atoms with Crippen molar-refractivity contribution in [3.05, 3.63) is 17.8 Å². The van der Waals surface area contributed by atoms with E-state index >= 15 is 0 Å². The van der Waals surface area contributed by atoms with Crippen LogP contribution in [-0.2, 0) is 4.74 Å². The largest absolute Gasteiger partial charge is 0.461 e. The van der Waals surface area contributed by atoms with Crippen LogP contribution >= 0.6 is 0 Å². The van der Waals surface area contributed by atoms with Gasteiger partial charge in [-0.2, -0.15) is 0 Å². The maximum absolute atomic E-state index is 14.1. The second-order valence-electron chi connectivity index (χ2n) is 4.08. The number of halogens is 1. The van der Waals surface area contributed by atoms with Gasteiger partial charge in [0.15, 0.2) is 17.3 Å². The number of anilines is 1. The van der Waals surface area contributed by atoms with Crippen molar-refractivity contribution in [1.29, 1.82) is 0 Å². The fourth-order valence-electron chi connectivity index (χ4n) is 1.98. The highest BCUT2D eigenvalue weighted by Gasteiger charge is 2.23.